The summed E-state index contributed by atoms with van der Waals surface area (Å²) in [7, 11) is 0. The molecule has 0 amide bonds. The number of halogens is 1. The van der Waals surface area contributed by atoms with Crippen LogP contribution >= 0.6 is 15.9 Å². The lowest BCUT2D eigenvalue weighted by Crippen LogP contribution is -2.02. The molecule has 1 aliphatic rings. The Morgan fingerprint density at radius 1 is 1.00 bits per heavy atom. The molecule has 2 aromatic rings. The first kappa shape index (κ1) is 12.6. The predicted octanol–water partition coefficient (Wildman–Crippen LogP) is 4.48. The fourth-order valence-electron chi connectivity index (χ4n) is 2.67. The Balaban J connectivity index is 1.97. The number of benzene rings is 2. The highest BCUT2D eigenvalue weighted by molar-refractivity contribution is 9.10. The van der Waals surface area contributed by atoms with Gasteiger partial charge in [0, 0.05) is 15.6 Å². The van der Waals surface area contributed by atoms with E-state index in [0.29, 0.717) is 0 Å². The van der Waals surface area contributed by atoms with Gasteiger partial charge in [0.2, 0.25) is 0 Å². The molecule has 0 spiro atoms. The zero-order valence-electron chi connectivity index (χ0n) is 10.9. The number of hydrogen-bond donors (Lipinski definition) is 0. The molecule has 0 aromatic heterocycles. The first-order chi connectivity index (χ1) is 9.15. The van der Waals surface area contributed by atoms with Crippen molar-refractivity contribution in [2.24, 2.45) is 0 Å². The highest BCUT2D eigenvalue weighted by Gasteiger charge is 2.15. The minimum Gasteiger partial charge on any atom is -0.289 e. The van der Waals surface area contributed by atoms with Crippen LogP contribution < -0.4 is 0 Å². The van der Waals surface area contributed by atoms with Crippen LogP contribution in [0.1, 0.15) is 39.0 Å². The largest absolute Gasteiger partial charge is 0.289 e. The average molecular weight is 315 g/mol. The Morgan fingerprint density at radius 2 is 1.68 bits per heavy atom. The molecule has 0 unspecified atom stereocenters. The van der Waals surface area contributed by atoms with Gasteiger partial charge in [0.05, 0.1) is 0 Å². The van der Waals surface area contributed by atoms with Crippen molar-refractivity contribution in [2.45, 2.75) is 26.2 Å². The molecule has 19 heavy (non-hydrogen) atoms. The lowest BCUT2D eigenvalue weighted by Gasteiger charge is -2.06. The van der Waals surface area contributed by atoms with Gasteiger partial charge in [0.15, 0.2) is 5.78 Å². The Labute approximate surface area is 121 Å². The van der Waals surface area contributed by atoms with Crippen molar-refractivity contribution in [3.63, 3.8) is 0 Å². The summed E-state index contributed by atoms with van der Waals surface area (Å²) < 4.78 is 1.04. The predicted molar refractivity (Wildman–Crippen MR) is 80.8 cm³/mol. The van der Waals surface area contributed by atoms with E-state index in [0.717, 1.165) is 34.0 Å². The highest BCUT2D eigenvalue weighted by atomic mass is 79.9. The summed E-state index contributed by atoms with van der Waals surface area (Å²) in [5.74, 6) is 0.116. The van der Waals surface area contributed by atoms with Crippen molar-refractivity contribution in [3.8, 4) is 0 Å². The van der Waals surface area contributed by atoms with Crippen LogP contribution in [0.5, 0.6) is 0 Å². The molecule has 0 bridgehead atoms. The maximum absolute atomic E-state index is 12.5. The van der Waals surface area contributed by atoms with Crippen molar-refractivity contribution in [1.82, 2.24) is 0 Å². The number of carbonyl (C=O) groups excluding carboxylic acids is 1. The Hall–Kier alpha value is -1.41. The Bertz CT molecular complexity index is 658. The Morgan fingerprint density at radius 3 is 2.47 bits per heavy atom. The van der Waals surface area contributed by atoms with Crippen LogP contribution in [0.3, 0.4) is 0 Å². The van der Waals surface area contributed by atoms with Gasteiger partial charge in [-0.25, -0.2) is 0 Å². The molecule has 0 atom stereocenters. The molecule has 0 saturated carbocycles. The maximum atomic E-state index is 12.5. The van der Waals surface area contributed by atoms with E-state index in [9.17, 15) is 4.79 Å². The second kappa shape index (κ2) is 4.93. The summed E-state index contributed by atoms with van der Waals surface area (Å²) in [4.78, 5) is 12.5. The second-order valence-corrected chi connectivity index (χ2v) is 5.98. The van der Waals surface area contributed by atoms with Gasteiger partial charge < -0.3 is 0 Å². The first-order valence-electron chi connectivity index (χ1n) is 6.58. The summed E-state index contributed by atoms with van der Waals surface area (Å²) in [6.07, 6.45) is 3.47. The molecule has 0 radical (unpaired) electrons. The molecule has 0 fully saturated rings. The van der Waals surface area contributed by atoms with E-state index in [1.807, 2.05) is 31.2 Å². The van der Waals surface area contributed by atoms with Gasteiger partial charge in [-0.2, -0.15) is 0 Å². The summed E-state index contributed by atoms with van der Waals surface area (Å²) in [5.41, 5.74) is 5.41. The van der Waals surface area contributed by atoms with E-state index in [4.69, 9.17) is 0 Å². The SMILES string of the molecule is Cc1cc(C(=O)c2ccc3c(c2)CCC3)ccc1Br. The topological polar surface area (TPSA) is 17.1 Å². The third kappa shape index (κ3) is 2.37. The molecule has 0 heterocycles. The molecular weight excluding hydrogens is 300 g/mol. The lowest BCUT2D eigenvalue weighted by molar-refractivity contribution is 0.103. The normalized spacial score (nSPS) is 13.4. The molecular formula is C17H15BrO. The monoisotopic (exact) mass is 314 g/mol. The van der Waals surface area contributed by atoms with E-state index in [2.05, 4.69) is 28.1 Å². The van der Waals surface area contributed by atoms with E-state index in [-0.39, 0.29) is 5.78 Å². The van der Waals surface area contributed by atoms with Crippen LogP contribution in [-0.4, -0.2) is 5.78 Å². The fourth-order valence-corrected chi connectivity index (χ4v) is 2.91. The van der Waals surface area contributed by atoms with Crippen LogP contribution in [0.2, 0.25) is 0 Å². The molecule has 0 N–H and O–H groups in total. The van der Waals surface area contributed by atoms with Crippen molar-refractivity contribution in [3.05, 3.63) is 68.7 Å². The summed E-state index contributed by atoms with van der Waals surface area (Å²) in [6, 6.07) is 11.9. The van der Waals surface area contributed by atoms with E-state index in [1.165, 1.54) is 17.5 Å². The van der Waals surface area contributed by atoms with Gasteiger partial charge in [-0.1, -0.05) is 28.1 Å². The molecule has 1 nitrogen and oxygen atoms in total. The van der Waals surface area contributed by atoms with Gasteiger partial charge in [0.25, 0.3) is 0 Å². The zero-order valence-corrected chi connectivity index (χ0v) is 12.5. The summed E-state index contributed by atoms with van der Waals surface area (Å²) in [6.45, 7) is 2.00. The number of rotatable bonds is 2. The number of aryl methyl sites for hydroxylation is 3. The summed E-state index contributed by atoms with van der Waals surface area (Å²) in [5, 5.41) is 0. The number of fused-ring (bicyclic) bond motifs is 1. The molecule has 0 saturated heterocycles. The molecule has 2 aromatic carbocycles. The van der Waals surface area contributed by atoms with E-state index in [1.54, 1.807) is 0 Å². The van der Waals surface area contributed by atoms with Gasteiger partial charge in [-0.3, -0.25) is 4.79 Å². The van der Waals surface area contributed by atoms with Gasteiger partial charge in [-0.15, -0.1) is 0 Å². The molecule has 2 heteroatoms. The van der Waals surface area contributed by atoms with Crippen molar-refractivity contribution in [1.29, 1.82) is 0 Å². The highest BCUT2D eigenvalue weighted by Crippen LogP contribution is 2.25. The maximum Gasteiger partial charge on any atom is 0.193 e. The van der Waals surface area contributed by atoms with Crippen LogP contribution in [-0.2, 0) is 12.8 Å². The first-order valence-corrected chi connectivity index (χ1v) is 7.37. The molecule has 0 aliphatic heterocycles. The minimum atomic E-state index is 0.116. The molecule has 1 aliphatic carbocycles. The zero-order chi connectivity index (χ0) is 13.4. The Kier molecular flexibility index (Phi) is 3.28. The number of carbonyl (C=O) groups is 1. The van der Waals surface area contributed by atoms with E-state index < -0.39 is 0 Å². The summed E-state index contributed by atoms with van der Waals surface area (Å²) >= 11 is 3.46. The van der Waals surface area contributed by atoms with Gasteiger partial charge in [-0.05, 0) is 67.1 Å². The molecule has 96 valence electrons. The average Bonchev–Trinajstić information content (AvgIpc) is 2.88. The van der Waals surface area contributed by atoms with Crippen LogP contribution in [0.15, 0.2) is 40.9 Å². The standard InChI is InChI=1S/C17H15BrO/c1-11-9-14(7-8-16(11)18)17(19)15-6-5-12-3-2-4-13(12)10-15/h5-10H,2-4H2,1H3. The minimum absolute atomic E-state index is 0.116. The lowest BCUT2D eigenvalue weighted by atomic mass is 9.98. The third-order valence-electron chi connectivity index (χ3n) is 3.78. The van der Waals surface area contributed by atoms with Crippen molar-refractivity contribution in [2.75, 3.05) is 0 Å². The van der Waals surface area contributed by atoms with Crippen LogP contribution in [0.4, 0.5) is 0 Å². The smallest absolute Gasteiger partial charge is 0.193 e. The molecule has 3 rings (SSSR count). The van der Waals surface area contributed by atoms with Crippen LogP contribution in [0.25, 0.3) is 0 Å². The second-order valence-electron chi connectivity index (χ2n) is 5.13. The number of hydrogen-bond acceptors (Lipinski definition) is 1. The quantitative estimate of drug-likeness (QED) is 0.747. The third-order valence-corrected chi connectivity index (χ3v) is 4.67. The van der Waals surface area contributed by atoms with E-state index >= 15 is 0 Å². The van der Waals surface area contributed by atoms with Gasteiger partial charge in [0.1, 0.15) is 0 Å². The fraction of sp³-hybridized carbons (Fsp3) is 0.235. The van der Waals surface area contributed by atoms with Crippen LogP contribution in [0, 0.1) is 6.92 Å². The van der Waals surface area contributed by atoms with Gasteiger partial charge >= 0.3 is 0 Å². The van der Waals surface area contributed by atoms with Crippen molar-refractivity contribution >= 4 is 21.7 Å². The van der Waals surface area contributed by atoms with Crippen molar-refractivity contribution < 1.29 is 4.79 Å². The number of ketones is 1.